The van der Waals surface area contributed by atoms with Gasteiger partial charge in [0.1, 0.15) is 4.90 Å². The second-order valence-corrected chi connectivity index (χ2v) is 4.78. The molecular formula is C11H10LiO3S. The van der Waals surface area contributed by atoms with E-state index in [9.17, 15) is 8.42 Å². The van der Waals surface area contributed by atoms with Crippen molar-refractivity contribution in [3.05, 3.63) is 42.5 Å². The topological polar surface area (TPSA) is 43.4 Å². The van der Waals surface area contributed by atoms with E-state index in [-0.39, 0.29) is 23.8 Å². The van der Waals surface area contributed by atoms with Gasteiger partial charge in [0.25, 0.3) is 10.1 Å². The first-order valence-electron chi connectivity index (χ1n) is 4.43. The van der Waals surface area contributed by atoms with Crippen LogP contribution in [0, 0.1) is 0 Å². The van der Waals surface area contributed by atoms with Crippen molar-refractivity contribution in [2.24, 2.45) is 0 Å². The molecule has 0 saturated heterocycles. The Bertz CT molecular complexity index is 588. The molecule has 0 aliphatic rings. The third-order valence-electron chi connectivity index (χ3n) is 2.24. The zero-order valence-corrected chi connectivity index (χ0v) is 9.99. The largest absolute Gasteiger partial charge is 0.297 e. The van der Waals surface area contributed by atoms with Gasteiger partial charge in [-0.15, -0.1) is 0 Å². The molecule has 0 amide bonds. The summed E-state index contributed by atoms with van der Waals surface area (Å²) in [6.07, 6.45) is 0. The molecule has 0 fully saturated rings. The predicted octanol–water partition coefficient (Wildman–Crippen LogP) is 1.79. The fraction of sp³-hybridized carbons (Fsp3) is 0.0909. The molecule has 0 aromatic heterocycles. The molecule has 0 heterocycles. The average molecular weight is 229 g/mol. The van der Waals surface area contributed by atoms with Crippen molar-refractivity contribution in [2.75, 3.05) is 7.11 Å². The van der Waals surface area contributed by atoms with Crippen molar-refractivity contribution in [2.45, 2.75) is 4.90 Å². The molecule has 2 aromatic rings. The fourth-order valence-corrected chi connectivity index (χ4v) is 2.38. The van der Waals surface area contributed by atoms with Gasteiger partial charge >= 0.3 is 0 Å². The molecule has 16 heavy (non-hydrogen) atoms. The van der Waals surface area contributed by atoms with Gasteiger partial charge in [0.2, 0.25) is 0 Å². The summed E-state index contributed by atoms with van der Waals surface area (Å²) in [7, 11) is -2.46. The summed E-state index contributed by atoms with van der Waals surface area (Å²) >= 11 is 0. The van der Waals surface area contributed by atoms with E-state index in [0.29, 0.717) is 5.39 Å². The minimum atomic E-state index is -3.62. The number of hydrogen-bond donors (Lipinski definition) is 0. The Morgan fingerprint density at radius 2 is 1.62 bits per heavy atom. The van der Waals surface area contributed by atoms with Crippen LogP contribution in [-0.4, -0.2) is 34.4 Å². The van der Waals surface area contributed by atoms with Crippen molar-refractivity contribution < 1.29 is 12.6 Å². The minimum Gasteiger partial charge on any atom is -0.270 e. The van der Waals surface area contributed by atoms with Crippen LogP contribution in [0.25, 0.3) is 10.8 Å². The Morgan fingerprint density at radius 1 is 1.00 bits per heavy atom. The molecule has 0 saturated carbocycles. The van der Waals surface area contributed by atoms with E-state index >= 15 is 0 Å². The number of hydrogen-bond acceptors (Lipinski definition) is 3. The van der Waals surface area contributed by atoms with Crippen LogP contribution in [0.3, 0.4) is 0 Å². The van der Waals surface area contributed by atoms with Crippen molar-refractivity contribution >= 4 is 39.8 Å². The van der Waals surface area contributed by atoms with Gasteiger partial charge in [-0.1, -0.05) is 36.4 Å². The van der Waals surface area contributed by atoms with Gasteiger partial charge in [-0.05, 0) is 11.5 Å². The smallest absolute Gasteiger partial charge is 0.270 e. The standard InChI is InChI=1S/C11H10O3S.Li/c1-14-15(12,13)11-8-4-6-9-5-2-3-7-10(9)11;/h2-8H,1H3;. The SMILES string of the molecule is COS(=O)(=O)c1cccc2ccccc12.[Li]. The summed E-state index contributed by atoms with van der Waals surface area (Å²) in [6, 6.07) is 12.4. The summed E-state index contributed by atoms with van der Waals surface area (Å²) < 4.78 is 27.7. The van der Waals surface area contributed by atoms with Gasteiger partial charge in [-0.3, -0.25) is 4.18 Å². The van der Waals surface area contributed by atoms with Crippen molar-refractivity contribution in [1.29, 1.82) is 0 Å². The Labute approximate surface area is 107 Å². The molecule has 79 valence electrons. The molecular weight excluding hydrogens is 219 g/mol. The zero-order valence-electron chi connectivity index (χ0n) is 9.17. The second-order valence-electron chi connectivity index (χ2n) is 3.10. The first-order valence-corrected chi connectivity index (χ1v) is 5.84. The zero-order chi connectivity index (χ0) is 10.9. The Morgan fingerprint density at radius 3 is 2.31 bits per heavy atom. The molecule has 0 aliphatic carbocycles. The van der Waals surface area contributed by atoms with Gasteiger partial charge in [-0.25, -0.2) is 0 Å². The maximum Gasteiger partial charge on any atom is 0.297 e. The molecule has 2 aromatic carbocycles. The van der Waals surface area contributed by atoms with Gasteiger partial charge in [0.05, 0.1) is 7.11 Å². The molecule has 0 atom stereocenters. The molecule has 3 nitrogen and oxygen atoms in total. The van der Waals surface area contributed by atoms with Crippen LogP contribution in [0.15, 0.2) is 47.4 Å². The summed E-state index contributed by atoms with van der Waals surface area (Å²) in [6.45, 7) is 0. The Hall–Kier alpha value is -0.793. The summed E-state index contributed by atoms with van der Waals surface area (Å²) in [5, 5.41) is 1.57. The molecule has 0 bridgehead atoms. The molecule has 0 N–H and O–H groups in total. The monoisotopic (exact) mass is 229 g/mol. The molecule has 5 heteroatoms. The first kappa shape index (κ1) is 13.3. The van der Waals surface area contributed by atoms with Crippen LogP contribution in [0.2, 0.25) is 0 Å². The van der Waals surface area contributed by atoms with Crippen LogP contribution in [0.5, 0.6) is 0 Å². The van der Waals surface area contributed by atoms with Crippen molar-refractivity contribution in [3.8, 4) is 0 Å². The molecule has 0 spiro atoms. The van der Waals surface area contributed by atoms with Crippen molar-refractivity contribution in [1.82, 2.24) is 0 Å². The van der Waals surface area contributed by atoms with Gasteiger partial charge in [-0.2, -0.15) is 8.42 Å². The van der Waals surface area contributed by atoms with E-state index in [1.54, 1.807) is 24.3 Å². The first-order chi connectivity index (χ1) is 7.15. The number of benzene rings is 2. The number of rotatable bonds is 2. The molecule has 1 radical (unpaired) electrons. The van der Waals surface area contributed by atoms with Crippen LogP contribution in [-0.2, 0) is 14.3 Å². The number of fused-ring (bicyclic) bond motifs is 1. The molecule has 0 unspecified atom stereocenters. The molecule has 0 aliphatic heterocycles. The Balaban J connectivity index is 0.00000128. The van der Waals surface area contributed by atoms with Crippen LogP contribution < -0.4 is 0 Å². The summed E-state index contributed by atoms with van der Waals surface area (Å²) in [5.74, 6) is 0. The van der Waals surface area contributed by atoms with Gasteiger partial charge < -0.3 is 0 Å². The van der Waals surface area contributed by atoms with E-state index in [0.717, 1.165) is 12.5 Å². The minimum absolute atomic E-state index is 0. The summed E-state index contributed by atoms with van der Waals surface area (Å²) in [4.78, 5) is 0.211. The summed E-state index contributed by atoms with van der Waals surface area (Å²) in [5.41, 5.74) is 0. The molecule has 2 rings (SSSR count). The van der Waals surface area contributed by atoms with Gasteiger partial charge in [0, 0.05) is 24.2 Å². The third kappa shape index (κ3) is 2.31. The predicted molar refractivity (Wildman–Crippen MR) is 63.9 cm³/mol. The second kappa shape index (κ2) is 5.03. The average Bonchev–Trinajstić information content (AvgIpc) is 2.28. The van der Waals surface area contributed by atoms with E-state index in [1.165, 1.54) is 0 Å². The van der Waals surface area contributed by atoms with Crippen LogP contribution >= 0.6 is 0 Å². The van der Waals surface area contributed by atoms with Crippen molar-refractivity contribution in [3.63, 3.8) is 0 Å². The van der Waals surface area contributed by atoms with E-state index in [2.05, 4.69) is 4.18 Å². The maximum atomic E-state index is 11.6. The maximum absolute atomic E-state index is 11.6. The third-order valence-corrected chi connectivity index (χ3v) is 3.57. The van der Waals surface area contributed by atoms with Crippen LogP contribution in [0.4, 0.5) is 0 Å². The Kier molecular flexibility index (Phi) is 4.17. The fourth-order valence-electron chi connectivity index (χ4n) is 1.50. The van der Waals surface area contributed by atoms with E-state index < -0.39 is 10.1 Å². The quantitative estimate of drug-likeness (QED) is 0.582. The van der Waals surface area contributed by atoms with E-state index in [4.69, 9.17) is 0 Å². The van der Waals surface area contributed by atoms with E-state index in [1.807, 2.05) is 18.2 Å². The van der Waals surface area contributed by atoms with Gasteiger partial charge in [0.15, 0.2) is 0 Å². The normalized spacial score (nSPS) is 11.1. The van der Waals surface area contributed by atoms with Crippen LogP contribution in [0.1, 0.15) is 0 Å².